The number of hydrogen-bond donors (Lipinski definition) is 2. The van der Waals surface area contributed by atoms with Crippen molar-refractivity contribution in [2.75, 3.05) is 30.7 Å². The van der Waals surface area contributed by atoms with Crippen molar-refractivity contribution in [1.82, 2.24) is 9.88 Å². The number of nitrogen functional groups attached to an aromatic ring is 1. The molecule has 0 radical (unpaired) electrons. The Labute approximate surface area is 110 Å². The summed E-state index contributed by atoms with van der Waals surface area (Å²) in [6.07, 6.45) is 5.37. The third-order valence-electron chi connectivity index (χ3n) is 3.57. The fourth-order valence-electron chi connectivity index (χ4n) is 2.56. The molecule has 1 aromatic rings. The number of likely N-dealkylation sites (tertiary alicyclic amines) is 1. The van der Waals surface area contributed by atoms with Crippen molar-refractivity contribution in [3.63, 3.8) is 0 Å². The van der Waals surface area contributed by atoms with E-state index >= 15 is 0 Å². The summed E-state index contributed by atoms with van der Waals surface area (Å²) in [6.45, 7) is 7.91. The lowest BCUT2D eigenvalue weighted by molar-refractivity contribution is 0.219. The number of anilines is 2. The molecule has 4 heteroatoms. The maximum absolute atomic E-state index is 5.72. The molecule has 100 valence electrons. The van der Waals surface area contributed by atoms with E-state index < -0.39 is 0 Å². The molecule has 18 heavy (non-hydrogen) atoms. The van der Waals surface area contributed by atoms with Gasteiger partial charge in [0.25, 0.3) is 0 Å². The number of hydrogen-bond acceptors (Lipinski definition) is 4. The highest BCUT2D eigenvalue weighted by molar-refractivity contribution is 5.51. The molecular weight excluding hydrogens is 224 g/mol. The first-order chi connectivity index (χ1) is 8.69. The largest absolute Gasteiger partial charge is 0.397 e. The first-order valence-electron chi connectivity index (χ1n) is 6.90. The van der Waals surface area contributed by atoms with E-state index in [1.807, 2.05) is 6.07 Å². The molecule has 1 aromatic heterocycles. The molecule has 1 saturated heterocycles. The van der Waals surface area contributed by atoms with Crippen LogP contribution in [0.3, 0.4) is 0 Å². The normalized spacial score (nSPS) is 17.9. The van der Waals surface area contributed by atoms with Crippen LogP contribution in [-0.4, -0.2) is 35.6 Å². The molecule has 0 spiro atoms. The van der Waals surface area contributed by atoms with E-state index in [0.717, 1.165) is 17.1 Å². The van der Waals surface area contributed by atoms with Gasteiger partial charge in [0.2, 0.25) is 0 Å². The van der Waals surface area contributed by atoms with E-state index in [1.54, 1.807) is 6.20 Å². The number of nitrogens with two attached hydrogens (primary N) is 1. The molecular formula is C14H24N4. The Morgan fingerprint density at radius 3 is 2.78 bits per heavy atom. The molecule has 0 amide bonds. The zero-order chi connectivity index (χ0) is 13.0. The average Bonchev–Trinajstić information content (AvgIpc) is 2.35. The third kappa shape index (κ3) is 3.35. The van der Waals surface area contributed by atoms with Crippen LogP contribution in [0.4, 0.5) is 11.5 Å². The van der Waals surface area contributed by atoms with Crippen molar-refractivity contribution in [3.8, 4) is 0 Å². The van der Waals surface area contributed by atoms with Crippen LogP contribution in [0.5, 0.6) is 0 Å². The molecule has 1 aliphatic rings. The molecule has 0 bridgehead atoms. The second-order valence-corrected chi connectivity index (χ2v) is 5.19. The average molecular weight is 248 g/mol. The predicted octanol–water partition coefficient (Wildman–Crippen LogP) is 2.26. The van der Waals surface area contributed by atoms with E-state index in [9.17, 15) is 0 Å². The fraction of sp³-hybridized carbons (Fsp3) is 0.643. The Morgan fingerprint density at radius 1 is 1.44 bits per heavy atom. The minimum absolute atomic E-state index is 0.549. The molecule has 0 saturated carbocycles. The smallest absolute Gasteiger partial charge is 0.129 e. The van der Waals surface area contributed by atoms with Gasteiger partial charge in [0.05, 0.1) is 11.9 Å². The highest BCUT2D eigenvalue weighted by Crippen LogP contribution is 2.19. The van der Waals surface area contributed by atoms with Gasteiger partial charge in [0.1, 0.15) is 5.82 Å². The molecule has 0 atom stereocenters. The number of nitrogens with zero attached hydrogens (tertiary/aromatic N) is 2. The van der Waals surface area contributed by atoms with Crippen LogP contribution >= 0.6 is 0 Å². The summed E-state index contributed by atoms with van der Waals surface area (Å²) in [5.74, 6) is 0.984. The number of aromatic nitrogens is 1. The van der Waals surface area contributed by atoms with Crippen LogP contribution in [0, 0.1) is 6.92 Å². The van der Waals surface area contributed by atoms with Gasteiger partial charge < -0.3 is 16.0 Å². The Kier molecular flexibility index (Phi) is 4.42. The van der Waals surface area contributed by atoms with Crippen LogP contribution in [0.15, 0.2) is 12.3 Å². The maximum atomic E-state index is 5.72. The standard InChI is InChI=1S/C14H24N4/c1-3-6-18-7-4-13(5-8-18)17-14-11(2)9-12(15)10-16-14/h9-10,13H,3-8,15H2,1-2H3,(H,16,17). The molecule has 1 aliphatic heterocycles. The van der Waals surface area contributed by atoms with E-state index in [4.69, 9.17) is 5.73 Å². The summed E-state index contributed by atoms with van der Waals surface area (Å²) in [5, 5.41) is 3.55. The summed E-state index contributed by atoms with van der Waals surface area (Å²) in [7, 11) is 0. The van der Waals surface area contributed by atoms with Crippen LogP contribution < -0.4 is 11.1 Å². The van der Waals surface area contributed by atoms with Crippen molar-refractivity contribution < 1.29 is 0 Å². The Hall–Kier alpha value is -1.29. The van der Waals surface area contributed by atoms with Gasteiger partial charge in [-0.25, -0.2) is 4.98 Å². The monoisotopic (exact) mass is 248 g/mol. The first kappa shape index (κ1) is 13.1. The molecule has 1 fully saturated rings. The van der Waals surface area contributed by atoms with Gasteiger partial charge in [-0.3, -0.25) is 0 Å². The van der Waals surface area contributed by atoms with E-state index in [-0.39, 0.29) is 0 Å². The number of piperidine rings is 1. The Morgan fingerprint density at radius 2 is 2.17 bits per heavy atom. The second-order valence-electron chi connectivity index (χ2n) is 5.19. The molecule has 0 aliphatic carbocycles. The lowest BCUT2D eigenvalue weighted by Crippen LogP contribution is -2.39. The zero-order valence-corrected chi connectivity index (χ0v) is 11.4. The third-order valence-corrected chi connectivity index (χ3v) is 3.57. The first-order valence-corrected chi connectivity index (χ1v) is 6.90. The van der Waals surface area contributed by atoms with Gasteiger partial charge in [-0.2, -0.15) is 0 Å². The minimum Gasteiger partial charge on any atom is -0.397 e. The highest BCUT2D eigenvalue weighted by Gasteiger charge is 2.19. The molecule has 4 nitrogen and oxygen atoms in total. The summed E-state index contributed by atoms with van der Waals surface area (Å²) in [4.78, 5) is 6.92. The van der Waals surface area contributed by atoms with Gasteiger partial charge >= 0.3 is 0 Å². The highest BCUT2D eigenvalue weighted by atomic mass is 15.1. The maximum Gasteiger partial charge on any atom is 0.129 e. The van der Waals surface area contributed by atoms with Crippen molar-refractivity contribution in [1.29, 1.82) is 0 Å². The summed E-state index contributed by atoms with van der Waals surface area (Å²) >= 11 is 0. The van der Waals surface area contributed by atoms with Crippen LogP contribution in [-0.2, 0) is 0 Å². The SMILES string of the molecule is CCCN1CCC(Nc2ncc(N)cc2C)CC1. The van der Waals surface area contributed by atoms with Crippen molar-refractivity contribution in [2.45, 2.75) is 39.2 Å². The fourth-order valence-corrected chi connectivity index (χ4v) is 2.56. The Balaban J connectivity index is 1.87. The molecule has 2 heterocycles. The molecule has 2 rings (SSSR count). The van der Waals surface area contributed by atoms with Gasteiger partial charge in [-0.05, 0) is 44.4 Å². The lowest BCUT2D eigenvalue weighted by Gasteiger charge is -2.32. The van der Waals surface area contributed by atoms with Gasteiger partial charge in [0.15, 0.2) is 0 Å². The van der Waals surface area contributed by atoms with E-state index in [2.05, 4.69) is 29.0 Å². The predicted molar refractivity (Wildman–Crippen MR) is 76.8 cm³/mol. The molecule has 0 aromatic carbocycles. The summed E-state index contributed by atoms with van der Waals surface area (Å²) in [6, 6.07) is 2.52. The van der Waals surface area contributed by atoms with E-state index in [0.29, 0.717) is 6.04 Å². The minimum atomic E-state index is 0.549. The van der Waals surface area contributed by atoms with Crippen molar-refractivity contribution in [2.24, 2.45) is 0 Å². The second kappa shape index (κ2) is 6.05. The van der Waals surface area contributed by atoms with Gasteiger partial charge in [-0.15, -0.1) is 0 Å². The summed E-state index contributed by atoms with van der Waals surface area (Å²) < 4.78 is 0. The number of nitrogens with one attached hydrogen (secondary N) is 1. The lowest BCUT2D eigenvalue weighted by atomic mass is 10.0. The molecule has 3 N–H and O–H groups in total. The van der Waals surface area contributed by atoms with Crippen LogP contribution in [0.1, 0.15) is 31.7 Å². The Bertz CT molecular complexity index is 383. The van der Waals surface area contributed by atoms with Crippen molar-refractivity contribution >= 4 is 11.5 Å². The summed E-state index contributed by atoms with van der Waals surface area (Å²) in [5.41, 5.74) is 7.58. The number of aryl methyl sites for hydroxylation is 1. The number of pyridine rings is 1. The van der Waals surface area contributed by atoms with Gasteiger partial charge in [-0.1, -0.05) is 6.92 Å². The molecule has 0 unspecified atom stereocenters. The van der Waals surface area contributed by atoms with Crippen LogP contribution in [0.2, 0.25) is 0 Å². The van der Waals surface area contributed by atoms with E-state index in [1.165, 1.54) is 38.9 Å². The topological polar surface area (TPSA) is 54.2 Å². The van der Waals surface area contributed by atoms with Crippen LogP contribution in [0.25, 0.3) is 0 Å². The number of rotatable bonds is 4. The quantitative estimate of drug-likeness (QED) is 0.858. The van der Waals surface area contributed by atoms with Gasteiger partial charge in [0, 0.05) is 19.1 Å². The van der Waals surface area contributed by atoms with Crippen molar-refractivity contribution in [3.05, 3.63) is 17.8 Å². The zero-order valence-electron chi connectivity index (χ0n) is 11.4.